The van der Waals surface area contributed by atoms with Gasteiger partial charge in [0.05, 0.1) is 12.0 Å². The predicted molar refractivity (Wildman–Crippen MR) is 91.0 cm³/mol. The minimum Gasteiger partial charge on any atom is -0.487 e. The lowest BCUT2D eigenvalue weighted by Crippen LogP contribution is -2.13. The quantitative estimate of drug-likeness (QED) is 0.825. The average molecular weight is 341 g/mol. The molecular weight excluding hydrogens is 328 g/mol. The molecule has 0 aromatic heterocycles. The Bertz CT molecular complexity index is 934. The van der Waals surface area contributed by atoms with Gasteiger partial charge in [-0.25, -0.2) is 0 Å². The number of hydrogen-bond donors (Lipinski definition) is 2. The number of ether oxygens (including phenoxy) is 1. The molecule has 0 fully saturated rings. The van der Waals surface area contributed by atoms with Crippen molar-refractivity contribution in [3.05, 3.63) is 63.7 Å². The number of nitrogens with two attached hydrogens (primary N) is 1. The van der Waals surface area contributed by atoms with Crippen molar-refractivity contribution in [2.24, 2.45) is 5.73 Å². The average Bonchev–Trinajstić information content (AvgIpc) is 3.06. The van der Waals surface area contributed by atoms with Crippen molar-refractivity contribution in [2.75, 3.05) is 5.32 Å². The second-order valence-electron chi connectivity index (χ2n) is 5.77. The van der Waals surface area contributed by atoms with Crippen LogP contribution < -0.4 is 11.1 Å². The maximum Gasteiger partial charge on any atom is 0.260 e. The Balaban J connectivity index is 1.83. The molecule has 0 spiro atoms. The SMILES string of the molecule is NC(=O)Cc1ccc2c(c1)COC2=C1C(=O)Nc2ccc(Cl)cc21. The zero-order chi connectivity index (χ0) is 16.8. The van der Waals surface area contributed by atoms with E-state index < -0.39 is 0 Å². The lowest BCUT2D eigenvalue weighted by atomic mass is 9.98. The van der Waals surface area contributed by atoms with Crippen molar-refractivity contribution in [3.63, 3.8) is 0 Å². The molecule has 2 aromatic carbocycles. The molecule has 0 radical (unpaired) electrons. The van der Waals surface area contributed by atoms with Gasteiger partial charge in [-0.15, -0.1) is 0 Å². The number of halogens is 1. The van der Waals surface area contributed by atoms with Crippen LogP contribution in [0.1, 0.15) is 22.3 Å². The summed E-state index contributed by atoms with van der Waals surface area (Å²) >= 11 is 6.07. The molecule has 120 valence electrons. The lowest BCUT2D eigenvalue weighted by Gasteiger charge is -2.06. The van der Waals surface area contributed by atoms with Crippen LogP contribution in [0.4, 0.5) is 5.69 Å². The maximum absolute atomic E-state index is 12.4. The Morgan fingerprint density at radius 3 is 2.83 bits per heavy atom. The second-order valence-corrected chi connectivity index (χ2v) is 6.21. The van der Waals surface area contributed by atoms with Crippen LogP contribution >= 0.6 is 11.6 Å². The van der Waals surface area contributed by atoms with E-state index in [1.165, 1.54) is 0 Å². The Morgan fingerprint density at radius 1 is 1.21 bits per heavy atom. The van der Waals surface area contributed by atoms with Crippen LogP contribution in [0.5, 0.6) is 0 Å². The molecule has 0 saturated carbocycles. The van der Waals surface area contributed by atoms with Crippen LogP contribution in [-0.2, 0) is 27.4 Å². The number of carbonyl (C=O) groups excluding carboxylic acids is 2. The van der Waals surface area contributed by atoms with Gasteiger partial charge in [-0.1, -0.05) is 29.8 Å². The number of primary amides is 1. The summed E-state index contributed by atoms with van der Waals surface area (Å²) in [5.74, 6) is -0.0587. The first-order valence-electron chi connectivity index (χ1n) is 7.42. The van der Waals surface area contributed by atoms with E-state index in [2.05, 4.69) is 5.32 Å². The molecule has 6 heteroatoms. The summed E-state index contributed by atoms with van der Waals surface area (Å²) in [4.78, 5) is 23.5. The van der Waals surface area contributed by atoms with E-state index in [0.717, 1.165) is 22.3 Å². The van der Waals surface area contributed by atoms with Gasteiger partial charge in [0, 0.05) is 27.4 Å². The van der Waals surface area contributed by atoms with E-state index in [0.29, 0.717) is 28.6 Å². The fourth-order valence-corrected chi connectivity index (χ4v) is 3.27. The Labute approximate surface area is 143 Å². The van der Waals surface area contributed by atoms with Gasteiger partial charge in [0.25, 0.3) is 5.91 Å². The van der Waals surface area contributed by atoms with Gasteiger partial charge in [0.2, 0.25) is 5.91 Å². The number of nitrogens with one attached hydrogen (secondary N) is 1. The highest BCUT2D eigenvalue weighted by atomic mass is 35.5. The molecule has 3 N–H and O–H groups in total. The summed E-state index contributed by atoms with van der Waals surface area (Å²) in [5, 5.41) is 3.38. The van der Waals surface area contributed by atoms with Crippen LogP contribution in [0, 0.1) is 0 Å². The molecule has 5 nitrogen and oxygen atoms in total. The summed E-state index contributed by atoms with van der Waals surface area (Å²) in [6, 6.07) is 10.8. The monoisotopic (exact) mass is 340 g/mol. The van der Waals surface area contributed by atoms with E-state index in [1.54, 1.807) is 18.2 Å². The molecule has 24 heavy (non-hydrogen) atoms. The normalized spacial score (nSPS) is 18.0. The van der Waals surface area contributed by atoms with Gasteiger partial charge in [0.1, 0.15) is 12.4 Å². The van der Waals surface area contributed by atoms with Crippen LogP contribution in [0.2, 0.25) is 5.02 Å². The number of amides is 2. The first-order chi connectivity index (χ1) is 11.5. The molecule has 0 aliphatic carbocycles. The third-order valence-electron chi connectivity index (χ3n) is 4.12. The van der Waals surface area contributed by atoms with Gasteiger partial charge in [-0.05, 0) is 23.8 Å². The summed E-state index contributed by atoms with van der Waals surface area (Å²) in [5.41, 5.74) is 9.77. The van der Waals surface area contributed by atoms with E-state index in [4.69, 9.17) is 22.1 Å². The zero-order valence-electron chi connectivity index (χ0n) is 12.6. The van der Waals surface area contributed by atoms with Gasteiger partial charge in [0.15, 0.2) is 0 Å². The number of rotatable bonds is 2. The van der Waals surface area contributed by atoms with E-state index >= 15 is 0 Å². The van der Waals surface area contributed by atoms with Crippen molar-refractivity contribution in [1.29, 1.82) is 0 Å². The molecule has 2 heterocycles. The molecule has 2 amide bonds. The summed E-state index contributed by atoms with van der Waals surface area (Å²) in [6.07, 6.45) is 0.179. The molecule has 2 aliphatic rings. The van der Waals surface area contributed by atoms with Crippen molar-refractivity contribution in [2.45, 2.75) is 13.0 Å². The summed E-state index contributed by atoms with van der Waals surface area (Å²) in [6.45, 7) is 0.351. The number of carbonyl (C=O) groups is 2. The Morgan fingerprint density at radius 2 is 2.04 bits per heavy atom. The fourth-order valence-electron chi connectivity index (χ4n) is 3.10. The van der Waals surface area contributed by atoms with Crippen LogP contribution in [0.3, 0.4) is 0 Å². The van der Waals surface area contributed by atoms with E-state index in [1.807, 2.05) is 18.2 Å². The van der Waals surface area contributed by atoms with Crippen molar-refractivity contribution < 1.29 is 14.3 Å². The molecule has 0 unspecified atom stereocenters. The van der Waals surface area contributed by atoms with Gasteiger partial charge in [-0.2, -0.15) is 0 Å². The standard InChI is InChI=1S/C18H13ClN2O3/c19-11-2-4-14-13(7-11)16(18(23)21-14)17-12-3-1-9(6-15(20)22)5-10(12)8-24-17/h1-5,7H,6,8H2,(H2,20,22)(H,21,23). The van der Waals surface area contributed by atoms with Gasteiger partial charge in [-0.3, -0.25) is 9.59 Å². The highest BCUT2D eigenvalue weighted by Gasteiger charge is 2.32. The predicted octanol–water partition coefficient (Wildman–Crippen LogP) is 2.72. The molecule has 0 atom stereocenters. The largest absolute Gasteiger partial charge is 0.487 e. The molecular formula is C18H13ClN2O3. The third-order valence-corrected chi connectivity index (χ3v) is 4.35. The molecule has 4 rings (SSSR count). The highest BCUT2D eigenvalue weighted by molar-refractivity contribution is 6.37. The van der Waals surface area contributed by atoms with Crippen LogP contribution in [0.25, 0.3) is 11.3 Å². The molecule has 2 aromatic rings. The Kier molecular flexibility index (Phi) is 3.32. The minimum atomic E-state index is -0.383. The van der Waals surface area contributed by atoms with Crippen LogP contribution in [-0.4, -0.2) is 11.8 Å². The van der Waals surface area contributed by atoms with Crippen molar-refractivity contribution >= 4 is 40.4 Å². The van der Waals surface area contributed by atoms with Gasteiger partial charge < -0.3 is 15.8 Å². The second kappa shape index (κ2) is 5.39. The number of fused-ring (bicyclic) bond motifs is 2. The minimum absolute atomic E-state index is 0.179. The number of anilines is 1. The third kappa shape index (κ3) is 2.34. The van der Waals surface area contributed by atoms with Crippen molar-refractivity contribution in [1.82, 2.24) is 0 Å². The van der Waals surface area contributed by atoms with Crippen LogP contribution in [0.15, 0.2) is 36.4 Å². The van der Waals surface area contributed by atoms with Gasteiger partial charge >= 0.3 is 0 Å². The topological polar surface area (TPSA) is 81.4 Å². The smallest absolute Gasteiger partial charge is 0.260 e. The molecule has 0 bridgehead atoms. The fraction of sp³-hybridized carbons (Fsp3) is 0.111. The lowest BCUT2D eigenvalue weighted by molar-refractivity contribution is -0.117. The Hall–Kier alpha value is -2.79. The first kappa shape index (κ1) is 14.8. The first-order valence-corrected chi connectivity index (χ1v) is 7.79. The van der Waals surface area contributed by atoms with E-state index in [-0.39, 0.29) is 18.2 Å². The molecule has 0 saturated heterocycles. The molecule has 2 aliphatic heterocycles. The number of hydrogen-bond acceptors (Lipinski definition) is 3. The highest BCUT2D eigenvalue weighted by Crippen LogP contribution is 2.42. The van der Waals surface area contributed by atoms with E-state index in [9.17, 15) is 9.59 Å². The van der Waals surface area contributed by atoms with Crippen molar-refractivity contribution in [3.8, 4) is 0 Å². The summed E-state index contributed by atoms with van der Waals surface area (Å²) in [7, 11) is 0. The number of benzene rings is 2. The zero-order valence-corrected chi connectivity index (χ0v) is 13.3. The maximum atomic E-state index is 12.4. The summed E-state index contributed by atoms with van der Waals surface area (Å²) < 4.78 is 5.79.